The van der Waals surface area contributed by atoms with Gasteiger partial charge in [-0.15, -0.1) is 11.3 Å². The molecule has 0 amide bonds. The van der Waals surface area contributed by atoms with Crippen LogP contribution in [0.3, 0.4) is 0 Å². The van der Waals surface area contributed by atoms with Crippen LogP contribution in [0.1, 0.15) is 0 Å². The highest BCUT2D eigenvalue weighted by Crippen LogP contribution is 2.33. The van der Waals surface area contributed by atoms with Gasteiger partial charge in [0.15, 0.2) is 0 Å². The summed E-state index contributed by atoms with van der Waals surface area (Å²) >= 11 is 1.68. The minimum absolute atomic E-state index is 0.721. The molecule has 0 spiro atoms. The number of thiophene rings is 1. The van der Waals surface area contributed by atoms with Crippen LogP contribution in [-0.4, -0.2) is 45.8 Å². The highest BCUT2D eigenvalue weighted by molar-refractivity contribution is 7.13. The van der Waals surface area contributed by atoms with E-state index < -0.39 is 0 Å². The van der Waals surface area contributed by atoms with Gasteiger partial charge >= 0.3 is 0 Å². The summed E-state index contributed by atoms with van der Waals surface area (Å²) in [6.07, 6.45) is 5.61. The van der Waals surface area contributed by atoms with Crippen molar-refractivity contribution in [3.8, 4) is 22.0 Å². The van der Waals surface area contributed by atoms with Gasteiger partial charge in [-0.3, -0.25) is 0 Å². The Morgan fingerprint density at radius 2 is 2.09 bits per heavy atom. The minimum atomic E-state index is 0.721. The van der Waals surface area contributed by atoms with Gasteiger partial charge in [-0.25, -0.2) is 15.0 Å². The Bertz CT molecular complexity index is 793. The Morgan fingerprint density at radius 1 is 1.22 bits per heavy atom. The van der Waals surface area contributed by atoms with Crippen LogP contribution in [0.4, 0.5) is 5.95 Å². The first-order valence-electron chi connectivity index (χ1n) is 7.54. The summed E-state index contributed by atoms with van der Waals surface area (Å²) in [5, 5.41) is 2.06. The van der Waals surface area contributed by atoms with Gasteiger partial charge in [-0.05, 0) is 11.4 Å². The smallest absolute Gasteiger partial charge is 0.226 e. The maximum Gasteiger partial charge on any atom is 0.226 e. The predicted octanol–water partition coefficient (Wildman–Crippen LogP) is 2.44. The quantitative estimate of drug-likeness (QED) is 0.739. The van der Waals surface area contributed by atoms with Gasteiger partial charge in [0.2, 0.25) is 5.95 Å². The first-order chi connectivity index (χ1) is 11.3. The van der Waals surface area contributed by atoms with Crippen molar-refractivity contribution in [2.75, 3.05) is 31.2 Å². The zero-order valence-electron chi connectivity index (χ0n) is 12.8. The van der Waals surface area contributed by atoms with Gasteiger partial charge in [0.25, 0.3) is 0 Å². The molecule has 0 atom stereocenters. The van der Waals surface area contributed by atoms with Crippen LogP contribution < -0.4 is 4.90 Å². The molecule has 6 nitrogen and oxygen atoms in total. The van der Waals surface area contributed by atoms with Crippen molar-refractivity contribution in [3.05, 3.63) is 36.1 Å². The molecule has 0 saturated carbocycles. The molecular weight excluding hydrogens is 310 g/mol. The molecule has 3 aromatic heterocycles. The van der Waals surface area contributed by atoms with Gasteiger partial charge in [0, 0.05) is 38.7 Å². The second-order valence-electron chi connectivity index (χ2n) is 5.37. The first-order valence-corrected chi connectivity index (χ1v) is 8.42. The molecule has 0 aromatic carbocycles. The van der Waals surface area contributed by atoms with E-state index in [9.17, 15) is 0 Å². The van der Waals surface area contributed by atoms with E-state index in [1.807, 2.05) is 30.1 Å². The van der Waals surface area contributed by atoms with Crippen LogP contribution in [-0.2, 0) is 11.8 Å². The van der Waals surface area contributed by atoms with Crippen molar-refractivity contribution >= 4 is 17.3 Å². The number of nitrogens with zero attached hydrogens (tertiary/aromatic N) is 5. The molecule has 0 radical (unpaired) electrons. The number of hydrogen-bond acceptors (Lipinski definition) is 6. The van der Waals surface area contributed by atoms with Crippen LogP contribution >= 0.6 is 11.3 Å². The van der Waals surface area contributed by atoms with Crippen molar-refractivity contribution in [3.63, 3.8) is 0 Å². The average molecular weight is 327 g/mol. The van der Waals surface area contributed by atoms with Gasteiger partial charge in [-0.1, -0.05) is 6.07 Å². The van der Waals surface area contributed by atoms with Crippen LogP contribution in [0.25, 0.3) is 22.0 Å². The number of imidazole rings is 1. The fraction of sp³-hybridized carbons (Fsp3) is 0.312. The molecule has 4 heterocycles. The zero-order chi connectivity index (χ0) is 15.6. The van der Waals surface area contributed by atoms with E-state index in [1.165, 1.54) is 0 Å². The number of ether oxygens (including phenoxy) is 1. The Balaban J connectivity index is 1.82. The zero-order valence-corrected chi connectivity index (χ0v) is 13.7. The molecule has 4 rings (SSSR count). The Kier molecular flexibility index (Phi) is 3.80. The fourth-order valence-corrected chi connectivity index (χ4v) is 3.41. The number of aryl methyl sites for hydroxylation is 1. The largest absolute Gasteiger partial charge is 0.378 e. The van der Waals surface area contributed by atoms with E-state index in [4.69, 9.17) is 9.72 Å². The lowest BCUT2D eigenvalue weighted by Gasteiger charge is -2.27. The lowest BCUT2D eigenvalue weighted by Crippen LogP contribution is -2.37. The maximum absolute atomic E-state index is 5.41. The Labute approximate surface area is 138 Å². The Morgan fingerprint density at radius 3 is 2.78 bits per heavy atom. The van der Waals surface area contributed by atoms with Crippen LogP contribution in [0.15, 0.2) is 36.1 Å². The molecular formula is C16H17N5OS. The molecule has 118 valence electrons. The number of rotatable bonds is 3. The predicted molar refractivity (Wildman–Crippen MR) is 90.6 cm³/mol. The summed E-state index contributed by atoms with van der Waals surface area (Å²) in [4.78, 5) is 17.2. The topological polar surface area (TPSA) is 56.1 Å². The molecule has 1 fully saturated rings. The van der Waals surface area contributed by atoms with E-state index >= 15 is 0 Å². The van der Waals surface area contributed by atoms with Crippen molar-refractivity contribution in [2.45, 2.75) is 0 Å². The Hall–Kier alpha value is -2.25. The minimum Gasteiger partial charge on any atom is -0.378 e. The lowest BCUT2D eigenvalue weighted by molar-refractivity contribution is 0.122. The van der Waals surface area contributed by atoms with Crippen molar-refractivity contribution < 1.29 is 4.74 Å². The van der Waals surface area contributed by atoms with E-state index in [0.29, 0.717) is 0 Å². The van der Waals surface area contributed by atoms with Crippen LogP contribution in [0, 0.1) is 0 Å². The molecule has 1 saturated heterocycles. The molecule has 0 unspecified atom stereocenters. The van der Waals surface area contributed by atoms with Crippen LogP contribution in [0.2, 0.25) is 0 Å². The van der Waals surface area contributed by atoms with E-state index in [-0.39, 0.29) is 0 Å². The van der Waals surface area contributed by atoms with Crippen LogP contribution in [0.5, 0.6) is 0 Å². The maximum atomic E-state index is 5.41. The number of morpholine rings is 1. The summed E-state index contributed by atoms with van der Waals surface area (Å²) in [7, 11) is 1.98. The SMILES string of the molecule is Cn1ccnc1-c1cnc(N2CCOCC2)nc1-c1cccs1. The van der Waals surface area contributed by atoms with Gasteiger partial charge in [0.05, 0.1) is 29.3 Å². The third-order valence-corrected chi connectivity index (χ3v) is 4.76. The molecule has 0 bridgehead atoms. The first kappa shape index (κ1) is 14.3. The molecule has 0 N–H and O–H groups in total. The molecule has 23 heavy (non-hydrogen) atoms. The second-order valence-corrected chi connectivity index (χ2v) is 6.32. The van der Waals surface area contributed by atoms with E-state index in [1.54, 1.807) is 17.5 Å². The third kappa shape index (κ3) is 2.73. The summed E-state index contributed by atoms with van der Waals surface area (Å²) in [6.45, 7) is 3.09. The van der Waals surface area contributed by atoms with E-state index in [0.717, 1.165) is 54.2 Å². The highest BCUT2D eigenvalue weighted by atomic mass is 32.1. The van der Waals surface area contributed by atoms with Gasteiger partial charge in [0.1, 0.15) is 5.82 Å². The molecule has 0 aliphatic carbocycles. The van der Waals surface area contributed by atoms with Gasteiger partial charge < -0.3 is 14.2 Å². The number of anilines is 1. The van der Waals surface area contributed by atoms with Gasteiger partial charge in [-0.2, -0.15) is 0 Å². The third-order valence-electron chi connectivity index (χ3n) is 3.89. The molecule has 7 heteroatoms. The standard InChI is InChI=1S/C16H17N5OS/c1-20-5-4-17-15(20)12-11-18-16(21-6-8-22-9-7-21)19-14(12)13-3-2-10-23-13/h2-5,10-11H,6-9H2,1H3. The monoisotopic (exact) mass is 327 g/mol. The van der Waals surface area contributed by atoms with Crippen molar-refractivity contribution in [1.82, 2.24) is 19.5 Å². The summed E-state index contributed by atoms with van der Waals surface area (Å²) in [5.74, 6) is 1.64. The molecule has 3 aromatic rings. The molecule has 1 aliphatic heterocycles. The van der Waals surface area contributed by atoms with E-state index in [2.05, 4.69) is 26.3 Å². The van der Waals surface area contributed by atoms with Crippen molar-refractivity contribution in [1.29, 1.82) is 0 Å². The average Bonchev–Trinajstić information content (AvgIpc) is 3.27. The lowest BCUT2D eigenvalue weighted by atomic mass is 10.2. The number of hydrogen-bond donors (Lipinski definition) is 0. The van der Waals surface area contributed by atoms with Crippen molar-refractivity contribution in [2.24, 2.45) is 7.05 Å². The summed E-state index contributed by atoms with van der Waals surface area (Å²) < 4.78 is 7.40. The number of aromatic nitrogens is 4. The normalized spacial score (nSPS) is 15.1. The molecule has 1 aliphatic rings. The fourth-order valence-electron chi connectivity index (χ4n) is 2.68. The second kappa shape index (κ2) is 6.10. The summed E-state index contributed by atoms with van der Waals surface area (Å²) in [5.41, 5.74) is 1.89. The summed E-state index contributed by atoms with van der Waals surface area (Å²) in [6, 6.07) is 4.13. The highest BCUT2D eigenvalue weighted by Gasteiger charge is 2.19.